The van der Waals surface area contributed by atoms with Gasteiger partial charge in [-0.05, 0) is 12.5 Å². The number of rotatable bonds is 6. The quantitative estimate of drug-likeness (QED) is 0.560. The number of ether oxygens (including phenoxy) is 1. The average molecular weight is 227 g/mol. The lowest BCUT2D eigenvalue weighted by molar-refractivity contribution is 0.00832. The number of carbonyl (C=O) groups is 1. The smallest absolute Gasteiger partial charge is 0.293 e. The Hall–Kier alpha value is -1.40. The van der Waals surface area contributed by atoms with E-state index in [1.54, 1.807) is 20.2 Å². The van der Waals surface area contributed by atoms with E-state index in [1.807, 2.05) is 6.92 Å². The molecule has 0 atom stereocenters. The van der Waals surface area contributed by atoms with Crippen molar-refractivity contribution in [2.24, 2.45) is 7.05 Å². The van der Waals surface area contributed by atoms with Gasteiger partial charge >= 0.3 is 0 Å². The first-order valence-electron chi connectivity index (χ1n) is 5.13. The number of aromatic nitrogens is 2. The highest BCUT2D eigenvalue weighted by atomic mass is 16.7. The van der Waals surface area contributed by atoms with Crippen molar-refractivity contribution in [2.45, 2.75) is 13.3 Å². The zero-order valence-electron chi connectivity index (χ0n) is 9.82. The van der Waals surface area contributed by atoms with Crippen LogP contribution in [0.3, 0.4) is 0 Å². The highest BCUT2D eigenvalue weighted by Crippen LogP contribution is 2.03. The maximum absolute atomic E-state index is 11.6. The predicted molar refractivity (Wildman–Crippen MR) is 57.9 cm³/mol. The summed E-state index contributed by atoms with van der Waals surface area (Å²) in [5.74, 6) is -0.300. The summed E-state index contributed by atoms with van der Waals surface area (Å²) in [6, 6.07) is 1.75. The second-order valence-electron chi connectivity index (χ2n) is 3.27. The van der Waals surface area contributed by atoms with Crippen LogP contribution in [0.25, 0.3) is 0 Å². The van der Waals surface area contributed by atoms with Gasteiger partial charge in [-0.2, -0.15) is 5.10 Å². The van der Waals surface area contributed by atoms with Crippen LogP contribution in [0.15, 0.2) is 6.07 Å². The highest BCUT2D eigenvalue weighted by molar-refractivity contribution is 5.91. The highest BCUT2D eigenvalue weighted by Gasteiger charge is 2.12. The minimum Gasteiger partial charge on any atom is -0.382 e. The van der Waals surface area contributed by atoms with Crippen LogP contribution in [0.5, 0.6) is 0 Å². The number of amides is 1. The van der Waals surface area contributed by atoms with E-state index in [0.29, 0.717) is 18.9 Å². The first kappa shape index (κ1) is 12.7. The molecule has 0 aromatic carbocycles. The summed E-state index contributed by atoms with van der Waals surface area (Å²) in [5.41, 5.74) is 3.69. The number of hydrogen-bond donors (Lipinski definition) is 1. The normalized spacial score (nSPS) is 10.4. The fraction of sp³-hybridized carbons (Fsp3) is 0.600. The van der Waals surface area contributed by atoms with Gasteiger partial charge in [0.1, 0.15) is 5.69 Å². The minimum atomic E-state index is -0.300. The molecule has 6 heteroatoms. The topological polar surface area (TPSA) is 65.4 Å². The molecule has 0 radical (unpaired) electrons. The molecule has 0 saturated carbocycles. The van der Waals surface area contributed by atoms with Gasteiger partial charge in [-0.25, -0.2) is 5.48 Å². The third-order valence-electron chi connectivity index (χ3n) is 2.08. The van der Waals surface area contributed by atoms with Gasteiger partial charge in [-0.3, -0.25) is 14.3 Å². The molecule has 1 N–H and O–H groups in total. The molecular formula is C10H17N3O3. The third kappa shape index (κ3) is 3.32. The molecule has 1 aromatic rings. The lowest BCUT2D eigenvalue weighted by Crippen LogP contribution is -2.27. The molecule has 0 saturated heterocycles. The first-order valence-corrected chi connectivity index (χ1v) is 5.13. The molecule has 90 valence electrons. The van der Waals surface area contributed by atoms with Crippen LogP contribution < -0.4 is 5.48 Å². The van der Waals surface area contributed by atoms with E-state index in [9.17, 15) is 4.79 Å². The van der Waals surface area contributed by atoms with Gasteiger partial charge in [0, 0.05) is 14.2 Å². The van der Waals surface area contributed by atoms with Gasteiger partial charge in [-0.1, -0.05) is 6.92 Å². The predicted octanol–water partition coefficient (Wildman–Crippen LogP) is 0.290. The standard InChI is InChI=1S/C10H17N3O3/c1-4-8-7-9(13(2)11-8)10(14)12-16-6-5-15-3/h7H,4-6H2,1-3H3,(H,12,14). The molecule has 0 aliphatic heterocycles. The monoisotopic (exact) mass is 227 g/mol. The molecule has 1 amide bonds. The van der Waals surface area contributed by atoms with Gasteiger partial charge in [-0.15, -0.1) is 0 Å². The number of methoxy groups -OCH3 is 1. The summed E-state index contributed by atoms with van der Waals surface area (Å²) in [5, 5.41) is 4.17. The van der Waals surface area contributed by atoms with Crippen molar-refractivity contribution < 1.29 is 14.4 Å². The van der Waals surface area contributed by atoms with E-state index >= 15 is 0 Å². The van der Waals surface area contributed by atoms with E-state index in [4.69, 9.17) is 9.57 Å². The second kappa shape index (κ2) is 6.24. The zero-order valence-corrected chi connectivity index (χ0v) is 9.82. The number of aryl methyl sites for hydroxylation is 2. The lowest BCUT2D eigenvalue weighted by Gasteiger charge is -2.04. The minimum absolute atomic E-state index is 0.300. The van der Waals surface area contributed by atoms with Crippen molar-refractivity contribution in [3.63, 3.8) is 0 Å². The van der Waals surface area contributed by atoms with Crippen LogP contribution in [0, 0.1) is 0 Å². The van der Waals surface area contributed by atoms with Crippen molar-refractivity contribution in [1.29, 1.82) is 0 Å². The zero-order chi connectivity index (χ0) is 12.0. The van der Waals surface area contributed by atoms with Crippen LogP contribution >= 0.6 is 0 Å². The van der Waals surface area contributed by atoms with E-state index in [2.05, 4.69) is 10.6 Å². The summed E-state index contributed by atoms with van der Waals surface area (Å²) in [6.07, 6.45) is 0.797. The summed E-state index contributed by atoms with van der Waals surface area (Å²) < 4.78 is 6.32. The summed E-state index contributed by atoms with van der Waals surface area (Å²) in [4.78, 5) is 16.5. The Bertz CT molecular complexity index is 349. The molecule has 6 nitrogen and oxygen atoms in total. The van der Waals surface area contributed by atoms with Crippen molar-refractivity contribution in [2.75, 3.05) is 20.3 Å². The Morgan fingerprint density at radius 1 is 1.56 bits per heavy atom. The molecule has 0 aliphatic carbocycles. The number of hydrogen-bond acceptors (Lipinski definition) is 4. The van der Waals surface area contributed by atoms with Crippen molar-refractivity contribution in [3.05, 3.63) is 17.5 Å². The van der Waals surface area contributed by atoms with Crippen LogP contribution in [-0.4, -0.2) is 36.0 Å². The summed E-state index contributed by atoms with van der Waals surface area (Å²) in [6.45, 7) is 2.74. The van der Waals surface area contributed by atoms with E-state index in [-0.39, 0.29) is 5.91 Å². The number of nitrogens with zero attached hydrogens (tertiary/aromatic N) is 2. The molecule has 0 aliphatic rings. The summed E-state index contributed by atoms with van der Waals surface area (Å²) >= 11 is 0. The third-order valence-corrected chi connectivity index (χ3v) is 2.08. The molecule has 1 heterocycles. The van der Waals surface area contributed by atoms with Gasteiger partial charge in [0.05, 0.1) is 18.9 Å². The molecule has 1 rings (SSSR count). The van der Waals surface area contributed by atoms with E-state index in [1.165, 1.54) is 4.68 Å². The Kier molecular flexibility index (Phi) is 4.94. The summed E-state index contributed by atoms with van der Waals surface area (Å²) in [7, 11) is 3.29. The van der Waals surface area contributed by atoms with E-state index < -0.39 is 0 Å². The van der Waals surface area contributed by atoms with Gasteiger partial charge in [0.2, 0.25) is 0 Å². The van der Waals surface area contributed by atoms with Crippen molar-refractivity contribution >= 4 is 5.91 Å². The van der Waals surface area contributed by atoms with Crippen LogP contribution in [0.1, 0.15) is 23.1 Å². The van der Waals surface area contributed by atoms with Crippen LogP contribution in [0.4, 0.5) is 0 Å². The fourth-order valence-corrected chi connectivity index (χ4v) is 1.21. The Morgan fingerprint density at radius 3 is 2.88 bits per heavy atom. The Labute approximate surface area is 94.5 Å². The average Bonchev–Trinajstić information content (AvgIpc) is 2.66. The SMILES string of the molecule is CCc1cc(C(=O)NOCCOC)n(C)n1. The lowest BCUT2D eigenvalue weighted by atomic mass is 10.3. The first-order chi connectivity index (χ1) is 7.69. The maximum Gasteiger partial charge on any atom is 0.293 e. The maximum atomic E-state index is 11.6. The molecule has 0 fully saturated rings. The Balaban J connectivity index is 2.49. The number of hydroxylamine groups is 1. The molecule has 0 bridgehead atoms. The molecule has 0 spiro atoms. The number of nitrogens with one attached hydrogen (secondary N) is 1. The van der Waals surface area contributed by atoms with Gasteiger partial charge in [0.15, 0.2) is 0 Å². The largest absolute Gasteiger partial charge is 0.382 e. The Morgan fingerprint density at radius 2 is 2.31 bits per heavy atom. The molecular weight excluding hydrogens is 210 g/mol. The van der Waals surface area contributed by atoms with Gasteiger partial charge in [0.25, 0.3) is 5.91 Å². The molecule has 0 unspecified atom stereocenters. The van der Waals surface area contributed by atoms with Crippen molar-refractivity contribution in [1.82, 2.24) is 15.3 Å². The molecule has 16 heavy (non-hydrogen) atoms. The fourth-order valence-electron chi connectivity index (χ4n) is 1.21. The van der Waals surface area contributed by atoms with Crippen molar-refractivity contribution in [3.8, 4) is 0 Å². The van der Waals surface area contributed by atoms with E-state index in [0.717, 1.165) is 12.1 Å². The van der Waals surface area contributed by atoms with Crippen LogP contribution in [-0.2, 0) is 23.0 Å². The van der Waals surface area contributed by atoms with Crippen LogP contribution in [0.2, 0.25) is 0 Å². The number of carbonyl (C=O) groups excluding carboxylic acids is 1. The van der Waals surface area contributed by atoms with Gasteiger partial charge < -0.3 is 4.74 Å². The molecule has 1 aromatic heterocycles. The second-order valence-corrected chi connectivity index (χ2v) is 3.27.